The van der Waals surface area contributed by atoms with E-state index in [1.807, 2.05) is 6.92 Å². The molecule has 1 saturated carbocycles. The van der Waals surface area contributed by atoms with Gasteiger partial charge in [0.1, 0.15) is 0 Å². The lowest BCUT2D eigenvalue weighted by atomic mass is 10.1. The number of oxime groups is 1. The first-order chi connectivity index (χ1) is 9.95. The Morgan fingerprint density at radius 2 is 2.10 bits per heavy atom. The van der Waals surface area contributed by atoms with E-state index in [1.54, 1.807) is 0 Å². The zero-order valence-corrected chi connectivity index (χ0v) is 11.9. The van der Waals surface area contributed by atoms with Crippen LogP contribution in [0.2, 0.25) is 0 Å². The van der Waals surface area contributed by atoms with Gasteiger partial charge in [-0.1, -0.05) is 12.1 Å². The summed E-state index contributed by atoms with van der Waals surface area (Å²) in [5.41, 5.74) is 0.250. The normalized spacial score (nSPS) is 15.6. The minimum Gasteiger partial charge on any atom is -0.411 e. The second kappa shape index (κ2) is 6.37. The van der Waals surface area contributed by atoms with Gasteiger partial charge in [-0.3, -0.25) is 0 Å². The third-order valence-electron chi connectivity index (χ3n) is 3.56. The monoisotopic (exact) mass is 300 g/mol. The van der Waals surface area contributed by atoms with E-state index in [1.165, 1.54) is 18.9 Å². The van der Waals surface area contributed by atoms with Gasteiger partial charge in [-0.2, -0.15) is 13.2 Å². The molecule has 0 aromatic heterocycles. The lowest BCUT2D eigenvalue weighted by Crippen LogP contribution is -2.27. The molecule has 1 aliphatic carbocycles. The van der Waals surface area contributed by atoms with Crippen LogP contribution in [0.4, 0.5) is 18.9 Å². The molecule has 1 aromatic carbocycles. The van der Waals surface area contributed by atoms with Crippen LogP contribution in [0.15, 0.2) is 23.4 Å². The van der Waals surface area contributed by atoms with Crippen LogP contribution in [0.5, 0.6) is 0 Å². The van der Waals surface area contributed by atoms with Crippen molar-refractivity contribution in [2.75, 3.05) is 18.0 Å². The molecule has 1 N–H and O–H groups in total. The molecular weight excluding hydrogens is 281 g/mol. The van der Waals surface area contributed by atoms with Gasteiger partial charge >= 0.3 is 6.18 Å². The third kappa shape index (κ3) is 4.12. The Kier molecular flexibility index (Phi) is 4.75. The zero-order valence-electron chi connectivity index (χ0n) is 11.9. The number of hydrogen-bond donors (Lipinski definition) is 1. The first-order valence-electron chi connectivity index (χ1n) is 7.09. The van der Waals surface area contributed by atoms with Crippen LogP contribution >= 0.6 is 0 Å². The molecule has 21 heavy (non-hydrogen) atoms. The minimum atomic E-state index is -4.40. The number of halogens is 3. The van der Waals surface area contributed by atoms with Gasteiger partial charge in [-0.25, -0.2) is 0 Å². The number of hydrogen-bond acceptors (Lipinski definition) is 3. The number of anilines is 1. The maximum Gasteiger partial charge on any atom is 0.416 e. The van der Waals surface area contributed by atoms with Crippen LogP contribution in [0.3, 0.4) is 0 Å². The number of benzene rings is 1. The van der Waals surface area contributed by atoms with Crippen molar-refractivity contribution in [3.05, 3.63) is 29.3 Å². The summed E-state index contributed by atoms with van der Waals surface area (Å²) in [7, 11) is 0. The van der Waals surface area contributed by atoms with Gasteiger partial charge in [0.15, 0.2) is 0 Å². The quantitative estimate of drug-likeness (QED) is 0.487. The average molecular weight is 300 g/mol. The molecule has 116 valence electrons. The Balaban J connectivity index is 2.35. The van der Waals surface area contributed by atoms with Crippen molar-refractivity contribution < 1.29 is 18.4 Å². The van der Waals surface area contributed by atoms with E-state index in [9.17, 15) is 13.2 Å². The smallest absolute Gasteiger partial charge is 0.411 e. The van der Waals surface area contributed by atoms with Crippen LogP contribution in [-0.2, 0) is 6.18 Å². The molecule has 2 rings (SSSR count). The van der Waals surface area contributed by atoms with Crippen LogP contribution in [-0.4, -0.2) is 24.5 Å². The van der Waals surface area contributed by atoms with Gasteiger partial charge < -0.3 is 10.1 Å². The second-order valence-corrected chi connectivity index (χ2v) is 5.41. The fraction of sp³-hybridized carbons (Fsp3) is 0.533. The lowest BCUT2D eigenvalue weighted by Gasteiger charge is -2.26. The molecule has 0 spiro atoms. The van der Waals surface area contributed by atoms with Crippen molar-refractivity contribution in [2.24, 2.45) is 11.1 Å². The van der Waals surface area contributed by atoms with Crippen molar-refractivity contribution >= 4 is 11.9 Å². The van der Waals surface area contributed by atoms with Gasteiger partial charge in [0, 0.05) is 24.3 Å². The van der Waals surface area contributed by atoms with E-state index >= 15 is 0 Å². The average Bonchev–Trinajstić information content (AvgIpc) is 3.21. The molecular formula is C15H19F3N2O. The van der Waals surface area contributed by atoms with Crippen molar-refractivity contribution in [1.82, 2.24) is 0 Å². The molecule has 0 radical (unpaired) electrons. The van der Waals surface area contributed by atoms with E-state index in [0.29, 0.717) is 17.2 Å². The predicted molar refractivity (Wildman–Crippen MR) is 76.1 cm³/mol. The molecule has 1 aliphatic rings. The highest BCUT2D eigenvalue weighted by atomic mass is 19.4. The Bertz CT molecular complexity index is 510. The summed E-state index contributed by atoms with van der Waals surface area (Å²) >= 11 is 0. The van der Waals surface area contributed by atoms with Gasteiger partial charge in [-0.05, 0) is 43.4 Å². The van der Waals surface area contributed by atoms with E-state index < -0.39 is 11.7 Å². The summed E-state index contributed by atoms with van der Waals surface area (Å²) < 4.78 is 38.4. The van der Waals surface area contributed by atoms with Crippen molar-refractivity contribution in [3.63, 3.8) is 0 Å². The standard InChI is InChI=1S/C15H19F3N2O/c1-2-7-20(10-11-3-4-11)14-6-5-13(15(16,17)18)8-12(14)9-19-21/h5-6,8-9,11,21H,2-4,7,10H2,1H3. The fourth-order valence-electron chi connectivity index (χ4n) is 2.38. The highest BCUT2D eigenvalue weighted by molar-refractivity contribution is 5.88. The van der Waals surface area contributed by atoms with Crippen LogP contribution in [0, 0.1) is 5.92 Å². The van der Waals surface area contributed by atoms with Crippen LogP contribution in [0.1, 0.15) is 37.3 Å². The Labute approximate surface area is 122 Å². The summed E-state index contributed by atoms with van der Waals surface area (Å²) in [6, 6.07) is 3.59. The van der Waals surface area contributed by atoms with Gasteiger partial charge in [0.25, 0.3) is 0 Å². The Morgan fingerprint density at radius 1 is 1.38 bits per heavy atom. The maximum absolute atomic E-state index is 12.8. The van der Waals surface area contributed by atoms with Crippen molar-refractivity contribution in [3.8, 4) is 0 Å². The van der Waals surface area contributed by atoms with E-state index in [2.05, 4.69) is 10.1 Å². The number of nitrogens with zero attached hydrogens (tertiary/aromatic N) is 2. The minimum absolute atomic E-state index is 0.293. The summed E-state index contributed by atoms with van der Waals surface area (Å²) in [6.07, 6.45) is -0.0826. The number of alkyl halides is 3. The third-order valence-corrected chi connectivity index (χ3v) is 3.56. The molecule has 0 heterocycles. The predicted octanol–water partition coefficient (Wildman–Crippen LogP) is 4.14. The largest absolute Gasteiger partial charge is 0.416 e. The summed E-state index contributed by atoms with van der Waals surface area (Å²) in [5, 5.41) is 11.6. The highest BCUT2D eigenvalue weighted by Gasteiger charge is 2.32. The van der Waals surface area contributed by atoms with Gasteiger partial charge in [0.2, 0.25) is 0 Å². The highest BCUT2D eigenvalue weighted by Crippen LogP contribution is 2.35. The fourth-order valence-corrected chi connectivity index (χ4v) is 2.38. The Morgan fingerprint density at radius 3 is 2.62 bits per heavy atom. The molecule has 0 unspecified atom stereocenters. The topological polar surface area (TPSA) is 35.8 Å². The summed E-state index contributed by atoms with van der Waals surface area (Å²) in [4.78, 5) is 2.08. The maximum atomic E-state index is 12.8. The number of rotatable bonds is 6. The molecule has 0 saturated heterocycles. The molecule has 6 heteroatoms. The van der Waals surface area contributed by atoms with Gasteiger partial charge in [0.05, 0.1) is 11.8 Å². The molecule has 1 fully saturated rings. The zero-order chi connectivity index (χ0) is 15.5. The van der Waals surface area contributed by atoms with E-state index in [0.717, 1.165) is 37.9 Å². The first kappa shape index (κ1) is 15.7. The molecule has 0 bridgehead atoms. The summed E-state index contributed by atoms with van der Waals surface area (Å²) in [6.45, 7) is 3.64. The van der Waals surface area contributed by atoms with E-state index in [-0.39, 0.29) is 0 Å². The van der Waals surface area contributed by atoms with Crippen LogP contribution < -0.4 is 4.90 Å². The molecule has 0 atom stereocenters. The SMILES string of the molecule is CCCN(CC1CC1)c1ccc(C(F)(F)F)cc1C=NO. The molecule has 3 nitrogen and oxygen atoms in total. The van der Waals surface area contributed by atoms with E-state index in [4.69, 9.17) is 5.21 Å². The molecule has 0 amide bonds. The van der Waals surface area contributed by atoms with Gasteiger partial charge in [-0.15, -0.1) is 0 Å². The summed E-state index contributed by atoms with van der Waals surface area (Å²) in [5.74, 6) is 0.623. The molecule has 0 aliphatic heterocycles. The first-order valence-corrected chi connectivity index (χ1v) is 7.09. The Hall–Kier alpha value is -1.72. The second-order valence-electron chi connectivity index (χ2n) is 5.41. The molecule has 1 aromatic rings. The van der Waals surface area contributed by atoms with Crippen molar-refractivity contribution in [1.29, 1.82) is 0 Å². The van der Waals surface area contributed by atoms with Crippen molar-refractivity contribution in [2.45, 2.75) is 32.4 Å². The lowest BCUT2D eigenvalue weighted by molar-refractivity contribution is -0.137. The van der Waals surface area contributed by atoms with Crippen LogP contribution in [0.25, 0.3) is 0 Å².